The molecule has 0 atom stereocenters. The van der Waals surface area contributed by atoms with Gasteiger partial charge >= 0.3 is 0 Å². The molecule has 110 valence electrons. The Bertz CT molecular complexity index is 767. The van der Waals surface area contributed by atoms with Crippen molar-refractivity contribution in [2.24, 2.45) is 0 Å². The van der Waals surface area contributed by atoms with Crippen molar-refractivity contribution in [1.82, 2.24) is 0 Å². The second-order valence-corrected chi connectivity index (χ2v) is 4.79. The van der Waals surface area contributed by atoms with E-state index in [1.54, 1.807) is 25.3 Å². The second-order valence-electron chi connectivity index (χ2n) is 4.79. The lowest BCUT2D eigenvalue weighted by Gasteiger charge is -2.13. The molecule has 0 amide bonds. The van der Waals surface area contributed by atoms with Crippen LogP contribution in [-0.4, -0.2) is 12.2 Å². The van der Waals surface area contributed by atoms with E-state index in [-0.39, 0.29) is 5.75 Å². The molecular weight excluding hydrogens is 276 g/mol. The Morgan fingerprint density at radius 1 is 0.727 bits per heavy atom. The SMILES string of the molecule is COc1ccc(O)c(-c2ccccc2Oc2ccccc2)c1. The third-order valence-corrected chi connectivity index (χ3v) is 3.35. The molecule has 0 aliphatic heterocycles. The van der Waals surface area contributed by atoms with Crippen molar-refractivity contribution >= 4 is 0 Å². The van der Waals surface area contributed by atoms with Gasteiger partial charge in [0.2, 0.25) is 0 Å². The lowest BCUT2D eigenvalue weighted by Crippen LogP contribution is -1.90. The molecule has 22 heavy (non-hydrogen) atoms. The predicted molar refractivity (Wildman–Crippen MR) is 86.6 cm³/mol. The van der Waals surface area contributed by atoms with Crippen LogP contribution in [0.15, 0.2) is 72.8 Å². The van der Waals surface area contributed by atoms with E-state index in [0.29, 0.717) is 17.1 Å². The molecule has 0 aliphatic rings. The molecule has 0 radical (unpaired) electrons. The standard InChI is InChI=1S/C19H16O3/c1-21-15-11-12-18(20)17(13-15)16-9-5-6-10-19(16)22-14-7-3-2-4-8-14/h2-13,20H,1H3. The highest BCUT2D eigenvalue weighted by Crippen LogP contribution is 2.39. The molecule has 0 heterocycles. The van der Waals surface area contributed by atoms with Gasteiger partial charge in [0, 0.05) is 11.1 Å². The Labute approximate surface area is 129 Å². The Kier molecular flexibility index (Phi) is 3.97. The zero-order valence-electron chi connectivity index (χ0n) is 12.2. The molecule has 3 heteroatoms. The minimum absolute atomic E-state index is 0.185. The minimum Gasteiger partial charge on any atom is -0.507 e. The molecule has 3 nitrogen and oxygen atoms in total. The Balaban J connectivity index is 2.05. The van der Waals surface area contributed by atoms with E-state index in [2.05, 4.69) is 0 Å². The molecule has 0 aliphatic carbocycles. The van der Waals surface area contributed by atoms with Crippen LogP contribution < -0.4 is 9.47 Å². The first kappa shape index (κ1) is 14.0. The molecule has 1 N–H and O–H groups in total. The van der Waals surface area contributed by atoms with Crippen molar-refractivity contribution in [3.8, 4) is 34.1 Å². The summed E-state index contributed by atoms with van der Waals surface area (Å²) in [6.45, 7) is 0. The lowest BCUT2D eigenvalue weighted by molar-refractivity contribution is 0.412. The van der Waals surface area contributed by atoms with Crippen molar-refractivity contribution in [2.45, 2.75) is 0 Å². The number of hydrogen-bond donors (Lipinski definition) is 1. The molecule has 0 unspecified atom stereocenters. The van der Waals surface area contributed by atoms with Gasteiger partial charge in [-0.2, -0.15) is 0 Å². The maximum atomic E-state index is 10.2. The van der Waals surface area contributed by atoms with Crippen molar-refractivity contribution in [3.05, 3.63) is 72.8 Å². The fourth-order valence-corrected chi connectivity index (χ4v) is 2.25. The van der Waals surface area contributed by atoms with E-state index in [0.717, 1.165) is 11.3 Å². The van der Waals surface area contributed by atoms with Crippen molar-refractivity contribution in [1.29, 1.82) is 0 Å². The second kappa shape index (κ2) is 6.22. The molecule has 3 aromatic rings. The Hall–Kier alpha value is -2.94. The van der Waals surface area contributed by atoms with Crippen LogP contribution in [0.2, 0.25) is 0 Å². The van der Waals surface area contributed by atoms with Crippen LogP contribution in [0.1, 0.15) is 0 Å². The predicted octanol–water partition coefficient (Wildman–Crippen LogP) is 4.86. The first-order valence-electron chi connectivity index (χ1n) is 6.97. The molecule has 0 bridgehead atoms. The Morgan fingerprint density at radius 3 is 2.23 bits per heavy atom. The van der Waals surface area contributed by atoms with Gasteiger partial charge < -0.3 is 14.6 Å². The zero-order valence-corrected chi connectivity index (χ0v) is 12.2. The summed E-state index contributed by atoms with van der Waals surface area (Å²) in [4.78, 5) is 0. The first-order valence-corrected chi connectivity index (χ1v) is 6.97. The van der Waals surface area contributed by atoms with Gasteiger partial charge in [0.25, 0.3) is 0 Å². The fourth-order valence-electron chi connectivity index (χ4n) is 2.25. The van der Waals surface area contributed by atoms with Crippen LogP contribution in [0, 0.1) is 0 Å². The highest BCUT2D eigenvalue weighted by atomic mass is 16.5. The van der Waals surface area contributed by atoms with Gasteiger partial charge in [-0.05, 0) is 36.4 Å². The molecular formula is C19H16O3. The van der Waals surface area contributed by atoms with Crippen LogP contribution in [0.3, 0.4) is 0 Å². The first-order chi connectivity index (χ1) is 10.8. The van der Waals surface area contributed by atoms with E-state index < -0.39 is 0 Å². The summed E-state index contributed by atoms with van der Waals surface area (Å²) >= 11 is 0. The van der Waals surface area contributed by atoms with E-state index in [9.17, 15) is 5.11 Å². The molecule has 0 saturated carbocycles. The van der Waals surface area contributed by atoms with E-state index in [1.807, 2.05) is 54.6 Å². The lowest BCUT2D eigenvalue weighted by atomic mass is 10.0. The summed E-state index contributed by atoms with van der Waals surface area (Å²) in [6.07, 6.45) is 0. The molecule has 3 aromatic carbocycles. The molecule has 0 spiro atoms. The zero-order chi connectivity index (χ0) is 15.4. The topological polar surface area (TPSA) is 38.7 Å². The summed E-state index contributed by atoms with van der Waals surface area (Å²) in [5, 5.41) is 10.2. The van der Waals surface area contributed by atoms with Crippen molar-refractivity contribution in [3.63, 3.8) is 0 Å². The number of phenols is 1. The smallest absolute Gasteiger partial charge is 0.135 e. The van der Waals surface area contributed by atoms with Gasteiger partial charge in [0.15, 0.2) is 0 Å². The highest BCUT2D eigenvalue weighted by molar-refractivity contribution is 5.77. The number of hydrogen-bond acceptors (Lipinski definition) is 3. The summed E-state index contributed by atoms with van der Waals surface area (Å²) in [5.74, 6) is 2.29. The monoisotopic (exact) mass is 292 g/mol. The number of phenolic OH excluding ortho intramolecular Hbond substituents is 1. The quantitative estimate of drug-likeness (QED) is 0.746. The molecule has 3 rings (SSSR count). The fraction of sp³-hybridized carbons (Fsp3) is 0.0526. The number of aromatic hydroxyl groups is 1. The molecule has 0 saturated heterocycles. The van der Waals surface area contributed by atoms with E-state index in [1.165, 1.54) is 0 Å². The van der Waals surface area contributed by atoms with Gasteiger partial charge in [-0.15, -0.1) is 0 Å². The minimum atomic E-state index is 0.185. The normalized spacial score (nSPS) is 10.2. The summed E-state index contributed by atoms with van der Waals surface area (Å²) in [6, 6.07) is 22.3. The highest BCUT2D eigenvalue weighted by Gasteiger charge is 2.12. The number of para-hydroxylation sites is 2. The largest absolute Gasteiger partial charge is 0.507 e. The summed E-state index contributed by atoms with van der Waals surface area (Å²) in [7, 11) is 1.60. The van der Waals surface area contributed by atoms with Gasteiger partial charge in [0.05, 0.1) is 7.11 Å². The number of methoxy groups -OCH3 is 1. The average Bonchev–Trinajstić information content (AvgIpc) is 2.57. The number of ether oxygens (including phenoxy) is 2. The third-order valence-electron chi connectivity index (χ3n) is 3.35. The van der Waals surface area contributed by atoms with Crippen LogP contribution in [0.4, 0.5) is 0 Å². The van der Waals surface area contributed by atoms with Crippen molar-refractivity contribution < 1.29 is 14.6 Å². The average molecular weight is 292 g/mol. The van der Waals surface area contributed by atoms with Gasteiger partial charge in [-0.1, -0.05) is 36.4 Å². The number of benzene rings is 3. The van der Waals surface area contributed by atoms with E-state index >= 15 is 0 Å². The van der Waals surface area contributed by atoms with Gasteiger partial charge in [-0.3, -0.25) is 0 Å². The maximum Gasteiger partial charge on any atom is 0.135 e. The van der Waals surface area contributed by atoms with Crippen LogP contribution >= 0.6 is 0 Å². The van der Waals surface area contributed by atoms with Crippen LogP contribution in [-0.2, 0) is 0 Å². The third kappa shape index (κ3) is 2.88. The molecule has 0 aromatic heterocycles. The van der Waals surface area contributed by atoms with Gasteiger partial charge in [0.1, 0.15) is 23.0 Å². The van der Waals surface area contributed by atoms with Crippen molar-refractivity contribution in [2.75, 3.05) is 7.11 Å². The molecule has 0 fully saturated rings. The van der Waals surface area contributed by atoms with E-state index in [4.69, 9.17) is 9.47 Å². The Morgan fingerprint density at radius 2 is 1.45 bits per heavy atom. The van der Waals surface area contributed by atoms with Crippen LogP contribution in [0.25, 0.3) is 11.1 Å². The summed E-state index contributed by atoms with van der Waals surface area (Å²) < 4.78 is 11.2. The maximum absolute atomic E-state index is 10.2. The van der Waals surface area contributed by atoms with Crippen LogP contribution in [0.5, 0.6) is 23.0 Å². The number of rotatable bonds is 4. The summed E-state index contributed by atoms with van der Waals surface area (Å²) in [5.41, 5.74) is 1.48. The van der Waals surface area contributed by atoms with Gasteiger partial charge in [-0.25, -0.2) is 0 Å².